The van der Waals surface area contributed by atoms with E-state index in [0.29, 0.717) is 0 Å². The summed E-state index contributed by atoms with van der Waals surface area (Å²) in [4.78, 5) is 49.3. The lowest BCUT2D eigenvalue weighted by Gasteiger charge is -2.44. The van der Waals surface area contributed by atoms with Crippen LogP contribution in [0.5, 0.6) is 0 Å². The van der Waals surface area contributed by atoms with Crippen LogP contribution in [-0.4, -0.2) is 83.3 Å². The second-order valence-electron chi connectivity index (χ2n) is 8.19. The van der Waals surface area contributed by atoms with E-state index in [1.807, 2.05) is 0 Å². The van der Waals surface area contributed by atoms with E-state index >= 15 is 0 Å². The lowest BCUT2D eigenvalue weighted by Crippen LogP contribution is -2.72. The number of hydrogen-bond acceptors (Lipinski definition) is 8. The molecule has 0 aromatic heterocycles. The average molecular weight is 433 g/mol. The van der Waals surface area contributed by atoms with E-state index in [1.54, 1.807) is 27.7 Å². The highest BCUT2D eigenvalue weighted by molar-refractivity contribution is 8.02. The summed E-state index contributed by atoms with van der Waals surface area (Å²) in [6.45, 7) is 7.01. The van der Waals surface area contributed by atoms with Crippen molar-refractivity contribution in [3.05, 3.63) is 0 Å². The molecule has 3 heterocycles. The molecular weight excluding hydrogens is 408 g/mol. The number of aliphatic carboxylic acids is 2. The van der Waals surface area contributed by atoms with E-state index in [-0.39, 0.29) is 0 Å². The highest BCUT2D eigenvalue weighted by Gasteiger charge is 2.64. The van der Waals surface area contributed by atoms with Gasteiger partial charge in [-0.2, -0.15) is 0 Å². The predicted molar refractivity (Wildman–Crippen MR) is 104 cm³/mol. The van der Waals surface area contributed by atoms with Gasteiger partial charge in [-0.3, -0.25) is 19.7 Å². The molecule has 0 aromatic carbocycles. The molecule has 0 aliphatic carbocycles. The van der Waals surface area contributed by atoms with Gasteiger partial charge in [0, 0.05) is 9.49 Å². The van der Waals surface area contributed by atoms with Gasteiger partial charge in [-0.15, -0.1) is 23.5 Å². The number of nitrogens with zero attached hydrogens (tertiary/aromatic N) is 1. The van der Waals surface area contributed by atoms with Crippen LogP contribution >= 0.6 is 23.5 Å². The minimum Gasteiger partial charge on any atom is -0.480 e. The van der Waals surface area contributed by atoms with Crippen molar-refractivity contribution in [2.24, 2.45) is 5.73 Å². The van der Waals surface area contributed by atoms with Crippen molar-refractivity contribution in [3.8, 4) is 0 Å². The molecule has 3 fully saturated rings. The van der Waals surface area contributed by atoms with Crippen LogP contribution in [0.15, 0.2) is 0 Å². The second kappa shape index (κ2) is 6.78. The Bertz CT molecular complexity index is 745. The molecule has 10 nitrogen and oxygen atoms in total. The van der Waals surface area contributed by atoms with Crippen molar-refractivity contribution in [2.75, 3.05) is 0 Å². The fourth-order valence-electron chi connectivity index (χ4n) is 3.87. The number of hydrogen-bond donors (Lipinski definition) is 5. The Morgan fingerprint density at radius 1 is 1.14 bits per heavy atom. The monoisotopic (exact) mass is 432 g/mol. The number of nitrogens with two attached hydrogens (primary N) is 1. The molecule has 0 bridgehead atoms. The SMILES string of the molecule is CC1(C)S[C@@H]2[C@H](NC(=O)[C@@H](N)C3N[C@@H](C(=O)O)C(C)(C)S3)C(=O)N2[C@H]1C(=O)O. The maximum absolute atomic E-state index is 12.6. The van der Waals surface area contributed by atoms with Crippen molar-refractivity contribution in [2.45, 2.75) is 72.1 Å². The molecule has 0 spiro atoms. The number of carboxylic acids is 2. The molecule has 2 amide bonds. The zero-order valence-electron chi connectivity index (χ0n) is 15.8. The Labute approximate surface area is 170 Å². The zero-order valence-corrected chi connectivity index (χ0v) is 17.5. The van der Waals surface area contributed by atoms with Gasteiger partial charge in [-0.25, -0.2) is 4.79 Å². The van der Waals surface area contributed by atoms with E-state index in [4.69, 9.17) is 5.73 Å². The summed E-state index contributed by atoms with van der Waals surface area (Å²) in [5.41, 5.74) is 6.03. The van der Waals surface area contributed by atoms with E-state index in [1.165, 1.54) is 28.4 Å². The highest BCUT2D eigenvalue weighted by Crippen LogP contribution is 2.50. The van der Waals surface area contributed by atoms with Crippen molar-refractivity contribution >= 4 is 47.3 Å². The fraction of sp³-hybridized carbons (Fsp3) is 0.750. The van der Waals surface area contributed by atoms with Crippen LogP contribution in [0, 0.1) is 0 Å². The van der Waals surface area contributed by atoms with E-state index in [0.717, 1.165) is 0 Å². The molecule has 3 saturated heterocycles. The number of amides is 2. The first-order valence-electron chi connectivity index (χ1n) is 8.73. The molecule has 3 aliphatic heterocycles. The minimum atomic E-state index is -1.08. The van der Waals surface area contributed by atoms with Crippen LogP contribution in [0.25, 0.3) is 0 Å². The van der Waals surface area contributed by atoms with E-state index in [2.05, 4.69) is 10.6 Å². The summed E-state index contributed by atoms with van der Waals surface area (Å²) in [6, 6.07) is -3.72. The number of thioether (sulfide) groups is 2. The number of carbonyl (C=O) groups excluding carboxylic acids is 2. The van der Waals surface area contributed by atoms with Gasteiger partial charge in [0.2, 0.25) is 11.8 Å². The Balaban J connectivity index is 1.66. The molecular formula is C16H24N4O6S2. The summed E-state index contributed by atoms with van der Waals surface area (Å²) in [5, 5.41) is 23.1. The van der Waals surface area contributed by atoms with Crippen LogP contribution in [0.2, 0.25) is 0 Å². The second-order valence-corrected chi connectivity index (χ2v) is 11.8. The van der Waals surface area contributed by atoms with E-state index in [9.17, 15) is 29.4 Å². The first-order valence-corrected chi connectivity index (χ1v) is 10.5. The summed E-state index contributed by atoms with van der Waals surface area (Å²) in [7, 11) is 0. The van der Waals surface area contributed by atoms with Gasteiger partial charge in [0.05, 0.1) is 5.37 Å². The minimum absolute atomic E-state index is 0.452. The smallest absolute Gasteiger partial charge is 0.327 e. The third kappa shape index (κ3) is 3.25. The van der Waals surface area contributed by atoms with Crippen LogP contribution in [0.3, 0.4) is 0 Å². The fourth-order valence-corrected chi connectivity index (χ4v) is 6.93. The Hall–Kier alpha value is -1.50. The Kier molecular flexibility index (Phi) is 5.14. The maximum atomic E-state index is 12.6. The van der Waals surface area contributed by atoms with Gasteiger partial charge in [0.25, 0.3) is 0 Å². The predicted octanol–water partition coefficient (Wildman–Crippen LogP) is -1.16. The average Bonchev–Trinajstić information content (AvgIpc) is 3.02. The summed E-state index contributed by atoms with van der Waals surface area (Å²) in [6.07, 6.45) is 0. The van der Waals surface area contributed by atoms with Gasteiger partial charge in [-0.05, 0) is 27.7 Å². The lowest BCUT2D eigenvalue weighted by atomic mass is 9.96. The normalized spacial score (nSPS) is 36.4. The first kappa shape index (κ1) is 21.2. The van der Waals surface area contributed by atoms with Crippen LogP contribution in [-0.2, 0) is 19.2 Å². The third-order valence-corrected chi connectivity index (χ3v) is 8.40. The zero-order chi connectivity index (χ0) is 21.2. The number of fused-ring (bicyclic) bond motifs is 1. The van der Waals surface area contributed by atoms with E-state index < -0.39 is 68.2 Å². The first-order chi connectivity index (χ1) is 12.8. The molecule has 3 rings (SSSR count). The van der Waals surface area contributed by atoms with Crippen molar-refractivity contribution < 1.29 is 29.4 Å². The van der Waals surface area contributed by atoms with Gasteiger partial charge in [0.15, 0.2) is 0 Å². The lowest BCUT2D eigenvalue weighted by molar-refractivity contribution is -0.161. The topological polar surface area (TPSA) is 162 Å². The summed E-state index contributed by atoms with van der Waals surface area (Å²) >= 11 is 2.59. The van der Waals surface area contributed by atoms with Crippen LogP contribution in [0.1, 0.15) is 27.7 Å². The molecule has 0 radical (unpaired) electrons. The highest BCUT2D eigenvalue weighted by atomic mass is 32.2. The third-order valence-electron chi connectivity index (χ3n) is 5.31. The number of nitrogens with one attached hydrogen (secondary N) is 2. The van der Waals surface area contributed by atoms with Crippen LogP contribution in [0.4, 0.5) is 0 Å². The molecule has 0 aromatic rings. The molecule has 1 unspecified atom stereocenters. The maximum Gasteiger partial charge on any atom is 0.327 e. The number of rotatable bonds is 5. The molecule has 12 heteroatoms. The number of carboxylic acid groups (broad SMARTS) is 2. The number of β-lactam (4-membered cyclic amide) rings is 1. The summed E-state index contributed by atoms with van der Waals surface area (Å²) < 4.78 is -1.34. The Morgan fingerprint density at radius 2 is 1.75 bits per heavy atom. The van der Waals surface area contributed by atoms with Crippen LogP contribution < -0.4 is 16.4 Å². The summed E-state index contributed by atoms with van der Waals surface area (Å²) in [5.74, 6) is -3.14. The molecule has 6 N–H and O–H groups in total. The number of carbonyl (C=O) groups is 4. The molecule has 3 aliphatic rings. The van der Waals surface area contributed by atoms with Gasteiger partial charge in [-0.1, -0.05) is 0 Å². The van der Waals surface area contributed by atoms with Gasteiger partial charge >= 0.3 is 11.9 Å². The van der Waals surface area contributed by atoms with Gasteiger partial charge < -0.3 is 26.2 Å². The van der Waals surface area contributed by atoms with Crippen molar-refractivity contribution in [1.82, 2.24) is 15.5 Å². The molecule has 6 atom stereocenters. The van der Waals surface area contributed by atoms with Crippen molar-refractivity contribution in [3.63, 3.8) is 0 Å². The Morgan fingerprint density at radius 3 is 2.25 bits per heavy atom. The standard InChI is InChI=1S/C16H24N4O6S2/c1-15(2)7(13(23)24)19-10(27-15)5(17)9(21)18-6-11(22)20-8(14(25)26)16(3,4)28-12(6)20/h5-8,10,12,19H,17H2,1-4H3,(H,18,21)(H,23,24)(H,25,26)/t5-,6-,7+,8+,10?,12-/m1/s1. The van der Waals surface area contributed by atoms with Gasteiger partial charge in [0.1, 0.15) is 29.5 Å². The quantitative estimate of drug-likeness (QED) is 0.335. The van der Waals surface area contributed by atoms with Crippen molar-refractivity contribution in [1.29, 1.82) is 0 Å². The largest absolute Gasteiger partial charge is 0.480 e. The molecule has 28 heavy (non-hydrogen) atoms. The molecule has 156 valence electrons. The molecule has 0 saturated carbocycles.